The summed E-state index contributed by atoms with van der Waals surface area (Å²) in [4.78, 5) is 12.0. The van der Waals surface area contributed by atoms with Crippen molar-refractivity contribution in [3.8, 4) is 23.0 Å². The Morgan fingerprint density at radius 3 is 2.52 bits per heavy atom. The van der Waals surface area contributed by atoms with E-state index in [1.54, 1.807) is 12.1 Å². The highest BCUT2D eigenvalue weighted by atomic mass is 16.6. The molecule has 2 aromatic carbocycles. The van der Waals surface area contributed by atoms with Crippen LogP contribution in [0.25, 0.3) is 0 Å². The predicted octanol–water partition coefficient (Wildman–Crippen LogP) is 2.42. The Balaban J connectivity index is 1.45. The van der Waals surface area contributed by atoms with E-state index in [9.17, 15) is 4.79 Å². The van der Waals surface area contributed by atoms with E-state index >= 15 is 0 Å². The van der Waals surface area contributed by atoms with Crippen LogP contribution in [0.5, 0.6) is 23.0 Å². The molecular formula is C19H21NO5. The molecular weight excluding hydrogens is 322 g/mol. The monoisotopic (exact) mass is 343 g/mol. The van der Waals surface area contributed by atoms with E-state index in [4.69, 9.17) is 18.9 Å². The third kappa shape index (κ3) is 4.56. The Hall–Kier alpha value is -2.89. The maximum absolute atomic E-state index is 12.0. The fraction of sp³-hybridized carbons (Fsp3) is 0.316. The molecule has 1 aliphatic rings. The number of hydrogen-bond acceptors (Lipinski definition) is 5. The zero-order chi connectivity index (χ0) is 17.5. The zero-order valence-electron chi connectivity index (χ0n) is 14.1. The molecule has 1 amide bonds. The van der Waals surface area contributed by atoms with Crippen LogP contribution in [-0.4, -0.2) is 38.4 Å². The lowest BCUT2D eigenvalue weighted by Crippen LogP contribution is -2.42. The molecule has 0 fully saturated rings. The second kappa shape index (κ2) is 8.28. The molecule has 0 aliphatic carbocycles. The first-order chi connectivity index (χ1) is 12.3. The van der Waals surface area contributed by atoms with Crippen LogP contribution in [-0.2, 0) is 4.79 Å². The first-order valence-corrected chi connectivity index (χ1v) is 8.26. The number of nitrogens with one attached hydrogen (secondary N) is 1. The van der Waals surface area contributed by atoms with E-state index in [1.165, 1.54) is 0 Å². The standard InChI is InChI=1S/C19H21NO5/c1-2-22-15-7-3-4-8-16(15)24-13-19(21)20-11-14-12-23-17-9-5-6-10-18(17)25-14/h3-10,14H,2,11-13H2,1H3,(H,20,21). The van der Waals surface area contributed by atoms with Crippen LogP contribution in [0.15, 0.2) is 48.5 Å². The largest absolute Gasteiger partial charge is 0.490 e. The summed E-state index contributed by atoms with van der Waals surface area (Å²) in [6.45, 7) is 3.09. The molecule has 132 valence electrons. The Bertz CT molecular complexity index is 718. The topological polar surface area (TPSA) is 66.0 Å². The summed E-state index contributed by atoms with van der Waals surface area (Å²) in [5.74, 6) is 2.36. The van der Waals surface area contributed by atoms with Gasteiger partial charge in [-0.05, 0) is 31.2 Å². The number of amides is 1. The van der Waals surface area contributed by atoms with Crippen LogP contribution in [0.3, 0.4) is 0 Å². The summed E-state index contributed by atoms with van der Waals surface area (Å²) in [5.41, 5.74) is 0. The number of hydrogen-bond donors (Lipinski definition) is 1. The molecule has 1 atom stereocenters. The summed E-state index contributed by atoms with van der Waals surface area (Å²) in [5, 5.41) is 2.80. The molecule has 1 unspecified atom stereocenters. The molecule has 6 nitrogen and oxygen atoms in total. The number of carbonyl (C=O) groups is 1. The van der Waals surface area contributed by atoms with Gasteiger partial charge in [0.15, 0.2) is 29.6 Å². The zero-order valence-corrected chi connectivity index (χ0v) is 14.1. The van der Waals surface area contributed by atoms with Crippen molar-refractivity contribution in [1.29, 1.82) is 0 Å². The lowest BCUT2D eigenvalue weighted by Gasteiger charge is -2.26. The SMILES string of the molecule is CCOc1ccccc1OCC(=O)NCC1COc2ccccc2O1. The van der Waals surface area contributed by atoms with Gasteiger partial charge in [0.25, 0.3) is 5.91 Å². The molecule has 6 heteroatoms. The van der Waals surface area contributed by atoms with Gasteiger partial charge in [-0.2, -0.15) is 0 Å². The fourth-order valence-electron chi connectivity index (χ4n) is 2.43. The molecule has 3 rings (SSSR count). The van der Waals surface area contributed by atoms with Crippen molar-refractivity contribution in [2.24, 2.45) is 0 Å². The third-order valence-electron chi connectivity index (χ3n) is 3.60. The van der Waals surface area contributed by atoms with E-state index in [2.05, 4.69) is 5.32 Å². The molecule has 0 aromatic heterocycles. The van der Waals surface area contributed by atoms with Crippen LogP contribution in [0.4, 0.5) is 0 Å². The van der Waals surface area contributed by atoms with Gasteiger partial charge in [0.05, 0.1) is 13.2 Å². The average molecular weight is 343 g/mol. The molecule has 2 aromatic rings. The van der Waals surface area contributed by atoms with Crippen molar-refractivity contribution in [2.75, 3.05) is 26.4 Å². The van der Waals surface area contributed by atoms with Crippen LogP contribution in [0.1, 0.15) is 6.92 Å². The van der Waals surface area contributed by atoms with Gasteiger partial charge < -0.3 is 24.3 Å². The number of carbonyl (C=O) groups excluding carboxylic acids is 1. The first-order valence-electron chi connectivity index (χ1n) is 8.26. The number of fused-ring (bicyclic) bond motifs is 1. The molecule has 1 heterocycles. The van der Waals surface area contributed by atoms with E-state index in [0.717, 1.165) is 5.75 Å². The fourth-order valence-corrected chi connectivity index (χ4v) is 2.43. The Kier molecular flexibility index (Phi) is 5.61. The molecule has 25 heavy (non-hydrogen) atoms. The van der Waals surface area contributed by atoms with Crippen LogP contribution >= 0.6 is 0 Å². The molecule has 0 radical (unpaired) electrons. The van der Waals surface area contributed by atoms with Crippen LogP contribution in [0.2, 0.25) is 0 Å². The Morgan fingerprint density at radius 2 is 1.76 bits per heavy atom. The predicted molar refractivity (Wildman–Crippen MR) is 92.5 cm³/mol. The summed E-state index contributed by atoms with van der Waals surface area (Å²) in [7, 11) is 0. The minimum atomic E-state index is -0.228. The van der Waals surface area contributed by atoms with E-state index in [-0.39, 0.29) is 18.6 Å². The maximum Gasteiger partial charge on any atom is 0.258 e. The van der Waals surface area contributed by atoms with Gasteiger partial charge in [0.2, 0.25) is 0 Å². The highest BCUT2D eigenvalue weighted by molar-refractivity contribution is 5.77. The molecule has 0 spiro atoms. The Morgan fingerprint density at radius 1 is 1.08 bits per heavy atom. The molecule has 0 saturated heterocycles. The average Bonchev–Trinajstić information content (AvgIpc) is 2.66. The van der Waals surface area contributed by atoms with Gasteiger partial charge in [-0.15, -0.1) is 0 Å². The number of rotatable bonds is 7. The smallest absolute Gasteiger partial charge is 0.258 e. The molecule has 0 saturated carbocycles. The van der Waals surface area contributed by atoms with E-state index in [0.29, 0.717) is 37.0 Å². The summed E-state index contributed by atoms with van der Waals surface area (Å²) < 4.78 is 22.4. The van der Waals surface area contributed by atoms with Gasteiger partial charge >= 0.3 is 0 Å². The van der Waals surface area contributed by atoms with Gasteiger partial charge in [-0.25, -0.2) is 0 Å². The normalized spacial score (nSPS) is 15.3. The minimum absolute atomic E-state index is 0.0890. The van der Waals surface area contributed by atoms with Gasteiger partial charge in [0, 0.05) is 0 Å². The summed E-state index contributed by atoms with van der Waals surface area (Å²) in [6.07, 6.45) is -0.227. The molecule has 0 bridgehead atoms. The van der Waals surface area contributed by atoms with Crippen molar-refractivity contribution in [2.45, 2.75) is 13.0 Å². The lowest BCUT2D eigenvalue weighted by molar-refractivity contribution is -0.123. The second-order valence-corrected chi connectivity index (χ2v) is 5.47. The summed E-state index contributed by atoms with van der Waals surface area (Å²) >= 11 is 0. The minimum Gasteiger partial charge on any atom is -0.490 e. The molecule has 1 N–H and O–H groups in total. The highest BCUT2D eigenvalue weighted by Gasteiger charge is 2.21. The maximum atomic E-state index is 12.0. The van der Waals surface area contributed by atoms with Crippen molar-refractivity contribution in [1.82, 2.24) is 5.32 Å². The Labute approximate surface area is 146 Å². The van der Waals surface area contributed by atoms with Gasteiger partial charge in [0.1, 0.15) is 12.7 Å². The van der Waals surface area contributed by atoms with Gasteiger partial charge in [-0.1, -0.05) is 24.3 Å². The van der Waals surface area contributed by atoms with Crippen molar-refractivity contribution in [3.05, 3.63) is 48.5 Å². The number of benzene rings is 2. The summed E-state index contributed by atoms with van der Waals surface area (Å²) in [6, 6.07) is 14.7. The lowest BCUT2D eigenvalue weighted by atomic mass is 10.2. The van der Waals surface area contributed by atoms with Crippen molar-refractivity contribution < 1.29 is 23.7 Å². The van der Waals surface area contributed by atoms with Crippen LogP contribution < -0.4 is 24.3 Å². The molecule has 1 aliphatic heterocycles. The quantitative estimate of drug-likeness (QED) is 0.836. The van der Waals surface area contributed by atoms with E-state index < -0.39 is 0 Å². The van der Waals surface area contributed by atoms with Crippen molar-refractivity contribution >= 4 is 5.91 Å². The second-order valence-electron chi connectivity index (χ2n) is 5.47. The van der Waals surface area contributed by atoms with Gasteiger partial charge in [-0.3, -0.25) is 4.79 Å². The number of ether oxygens (including phenoxy) is 4. The first kappa shape index (κ1) is 17.0. The number of para-hydroxylation sites is 4. The van der Waals surface area contributed by atoms with E-state index in [1.807, 2.05) is 43.3 Å². The third-order valence-corrected chi connectivity index (χ3v) is 3.60. The highest BCUT2D eigenvalue weighted by Crippen LogP contribution is 2.30. The van der Waals surface area contributed by atoms with Crippen LogP contribution in [0, 0.1) is 0 Å². The van der Waals surface area contributed by atoms with Crippen molar-refractivity contribution in [3.63, 3.8) is 0 Å².